The van der Waals surface area contributed by atoms with Gasteiger partial charge in [-0.2, -0.15) is 0 Å². The summed E-state index contributed by atoms with van der Waals surface area (Å²) in [6, 6.07) is 0. The fourth-order valence-electron chi connectivity index (χ4n) is 2.94. The van der Waals surface area contributed by atoms with Gasteiger partial charge in [0.2, 0.25) is 33.3 Å². The summed E-state index contributed by atoms with van der Waals surface area (Å²) < 4.78 is 23.4. The molecule has 28 heavy (non-hydrogen) atoms. The SMILES string of the molecule is CO[Si](C)(C)/C=C(\CCCC/C(=C\[Si](C)(C)OC)[Si](C)(C)OC)[Si](C)(C)OC. The van der Waals surface area contributed by atoms with Gasteiger partial charge in [0.05, 0.1) is 0 Å². The van der Waals surface area contributed by atoms with Crippen LogP contribution < -0.4 is 0 Å². The van der Waals surface area contributed by atoms with Gasteiger partial charge >= 0.3 is 0 Å². The van der Waals surface area contributed by atoms with Crippen LogP contribution in [0.4, 0.5) is 0 Å². The summed E-state index contributed by atoms with van der Waals surface area (Å²) in [7, 11) is 0.191. The van der Waals surface area contributed by atoms with Crippen LogP contribution in [0.5, 0.6) is 0 Å². The van der Waals surface area contributed by atoms with Gasteiger partial charge in [0.1, 0.15) is 0 Å². The fourth-order valence-corrected chi connectivity index (χ4v) is 12.1. The highest BCUT2D eigenvalue weighted by atomic mass is 28.4. The normalized spacial score (nSPS) is 15.3. The smallest absolute Gasteiger partial charge is 0.213 e. The number of rotatable bonds is 13. The molecule has 8 heteroatoms. The van der Waals surface area contributed by atoms with Crippen LogP contribution in [0.25, 0.3) is 0 Å². The number of hydrogen-bond donors (Lipinski definition) is 0. The van der Waals surface area contributed by atoms with Gasteiger partial charge in [-0.05, 0) is 78.1 Å². The minimum absolute atomic E-state index is 1.10. The van der Waals surface area contributed by atoms with E-state index in [2.05, 4.69) is 63.8 Å². The van der Waals surface area contributed by atoms with Crippen molar-refractivity contribution in [3.63, 3.8) is 0 Å². The molecule has 0 aromatic rings. The zero-order valence-corrected chi connectivity index (χ0v) is 24.6. The summed E-state index contributed by atoms with van der Waals surface area (Å²) in [6.45, 7) is 18.2. The average molecular weight is 463 g/mol. The Labute approximate surface area is 179 Å². The van der Waals surface area contributed by atoms with Crippen molar-refractivity contribution in [2.75, 3.05) is 28.4 Å². The Hall–Kier alpha value is 0.188. The number of hydrogen-bond acceptors (Lipinski definition) is 4. The maximum absolute atomic E-state index is 5.92. The number of unbranched alkanes of at least 4 members (excludes halogenated alkanes) is 1. The van der Waals surface area contributed by atoms with Gasteiger partial charge in [0, 0.05) is 28.4 Å². The molecule has 0 aliphatic rings. The molecular weight excluding hydrogens is 417 g/mol. The molecule has 0 radical (unpaired) electrons. The lowest BCUT2D eigenvalue weighted by Crippen LogP contribution is -2.37. The van der Waals surface area contributed by atoms with E-state index in [4.69, 9.17) is 17.7 Å². The summed E-state index contributed by atoms with van der Waals surface area (Å²) in [5, 5.41) is 2.99. The molecule has 0 saturated heterocycles. The Balaban J connectivity index is 5.27. The van der Waals surface area contributed by atoms with Crippen LogP contribution in [0.3, 0.4) is 0 Å². The Bertz CT molecular complexity index is 492. The first-order valence-electron chi connectivity index (χ1n) is 10.3. The van der Waals surface area contributed by atoms with Gasteiger partial charge < -0.3 is 17.7 Å². The maximum atomic E-state index is 5.92. The lowest BCUT2D eigenvalue weighted by Gasteiger charge is -2.29. The molecule has 0 atom stereocenters. The van der Waals surface area contributed by atoms with Crippen molar-refractivity contribution < 1.29 is 17.7 Å². The second-order valence-corrected chi connectivity index (χ2v) is 25.5. The quantitative estimate of drug-likeness (QED) is 0.250. The summed E-state index contributed by atoms with van der Waals surface area (Å²) in [4.78, 5) is 0. The molecule has 0 aliphatic heterocycles. The van der Waals surface area contributed by atoms with E-state index >= 15 is 0 Å². The largest absolute Gasteiger partial charge is 0.417 e. The highest BCUT2D eigenvalue weighted by Crippen LogP contribution is 2.28. The van der Waals surface area contributed by atoms with E-state index in [-0.39, 0.29) is 0 Å². The minimum Gasteiger partial charge on any atom is -0.417 e. The van der Waals surface area contributed by atoms with Crippen molar-refractivity contribution >= 4 is 33.3 Å². The van der Waals surface area contributed by atoms with Gasteiger partial charge in [-0.3, -0.25) is 0 Å². The maximum Gasteiger partial charge on any atom is 0.213 e. The highest BCUT2D eigenvalue weighted by Gasteiger charge is 2.31. The molecular formula is C20H46O4Si4. The molecule has 0 amide bonds. The lowest BCUT2D eigenvalue weighted by atomic mass is 10.2. The van der Waals surface area contributed by atoms with E-state index in [0.717, 1.165) is 12.8 Å². The second-order valence-electron chi connectivity index (χ2n) is 9.59. The van der Waals surface area contributed by atoms with Gasteiger partial charge in [0.25, 0.3) is 0 Å². The molecule has 0 N–H and O–H groups in total. The molecule has 0 saturated carbocycles. The van der Waals surface area contributed by atoms with Gasteiger partial charge in [0.15, 0.2) is 0 Å². The first kappa shape index (κ1) is 28.2. The van der Waals surface area contributed by atoms with Crippen molar-refractivity contribution in [2.45, 2.75) is 78.1 Å². The van der Waals surface area contributed by atoms with Gasteiger partial charge in [-0.25, -0.2) is 0 Å². The molecule has 0 bridgehead atoms. The van der Waals surface area contributed by atoms with E-state index in [1.165, 1.54) is 23.2 Å². The second kappa shape index (κ2) is 11.5. The summed E-state index contributed by atoms with van der Waals surface area (Å²) in [5.41, 5.74) is 4.85. The standard InChI is InChI=1S/C20H46O4Si4/c1-21-25(5,6)17-19(27(9,10)23-3)15-13-14-16-20(28(11,12)24-4)18-26(7,8)22-2/h17-18H,13-16H2,1-12H3/b19-17+,20-18+. The third-order valence-electron chi connectivity index (χ3n) is 5.81. The molecule has 0 aliphatic carbocycles. The third-order valence-corrected chi connectivity index (χ3v) is 16.5. The van der Waals surface area contributed by atoms with Crippen molar-refractivity contribution in [2.24, 2.45) is 0 Å². The third kappa shape index (κ3) is 9.79. The van der Waals surface area contributed by atoms with Crippen molar-refractivity contribution in [3.8, 4) is 0 Å². The Morgan fingerprint density at radius 2 is 0.821 bits per heavy atom. The zero-order valence-electron chi connectivity index (χ0n) is 20.6. The average Bonchev–Trinajstić information content (AvgIpc) is 2.62. The summed E-state index contributed by atoms with van der Waals surface area (Å²) in [6.07, 6.45) is 4.53. The molecule has 0 rings (SSSR count). The van der Waals surface area contributed by atoms with E-state index in [1.807, 2.05) is 28.4 Å². The van der Waals surface area contributed by atoms with E-state index < -0.39 is 33.3 Å². The van der Waals surface area contributed by atoms with Crippen LogP contribution in [0.2, 0.25) is 52.4 Å². The topological polar surface area (TPSA) is 36.9 Å². The first-order chi connectivity index (χ1) is 12.7. The predicted molar refractivity (Wildman–Crippen MR) is 133 cm³/mol. The van der Waals surface area contributed by atoms with Crippen molar-refractivity contribution in [1.29, 1.82) is 0 Å². The van der Waals surface area contributed by atoms with Crippen molar-refractivity contribution in [1.82, 2.24) is 0 Å². The van der Waals surface area contributed by atoms with Crippen LogP contribution in [-0.4, -0.2) is 61.7 Å². The van der Waals surface area contributed by atoms with E-state index in [1.54, 1.807) is 0 Å². The van der Waals surface area contributed by atoms with Crippen LogP contribution in [0.1, 0.15) is 25.7 Å². The van der Waals surface area contributed by atoms with Crippen LogP contribution in [0, 0.1) is 0 Å². The monoisotopic (exact) mass is 462 g/mol. The van der Waals surface area contributed by atoms with E-state index in [0.29, 0.717) is 0 Å². The minimum atomic E-state index is -1.83. The van der Waals surface area contributed by atoms with Crippen molar-refractivity contribution in [3.05, 3.63) is 21.8 Å². The Morgan fingerprint density at radius 3 is 1.04 bits per heavy atom. The Morgan fingerprint density at radius 1 is 0.536 bits per heavy atom. The molecule has 0 unspecified atom stereocenters. The van der Waals surface area contributed by atoms with Crippen LogP contribution in [0.15, 0.2) is 21.8 Å². The summed E-state index contributed by atoms with van der Waals surface area (Å²) in [5.74, 6) is 0. The van der Waals surface area contributed by atoms with E-state index in [9.17, 15) is 0 Å². The van der Waals surface area contributed by atoms with Crippen LogP contribution in [-0.2, 0) is 17.7 Å². The molecule has 0 fully saturated rings. The highest BCUT2D eigenvalue weighted by molar-refractivity contribution is 6.84. The van der Waals surface area contributed by atoms with Crippen LogP contribution >= 0.6 is 0 Å². The molecule has 0 heterocycles. The fraction of sp³-hybridized carbons (Fsp3) is 0.800. The Kier molecular flexibility index (Phi) is 11.6. The predicted octanol–water partition coefficient (Wildman–Crippen LogP) is 5.96. The molecule has 166 valence electrons. The molecule has 0 aromatic heterocycles. The molecule has 0 aromatic carbocycles. The lowest BCUT2D eigenvalue weighted by molar-refractivity contribution is 0.405. The first-order valence-corrected chi connectivity index (χ1v) is 22.1. The van der Waals surface area contributed by atoms with Gasteiger partial charge in [-0.15, -0.1) is 0 Å². The number of allylic oxidation sites excluding steroid dienone is 2. The summed E-state index contributed by atoms with van der Waals surface area (Å²) >= 11 is 0. The zero-order chi connectivity index (χ0) is 22.2. The van der Waals surface area contributed by atoms with Gasteiger partial charge in [-0.1, -0.05) is 21.8 Å². The molecule has 0 spiro atoms. The molecule has 4 nitrogen and oxygen atoms in total.